The Balaban J connectivity index is 1.23. The Bertz CT molecular complexity index is 884. The van der Waals surface area contributed by atoms with Crippen LogP contribution in [0.25, 0.3) is 5.69 Å². The van der Waals surface area contributed by atoms with Crippen molar-refractivity contribution in [2.24, 2.45) is 0 Å². The van der Waals surface area contributed by atoms with E-state index in [1.54, 1.807) is 6.20 Å². The zero-order valence-electron chi connectivity index (χ0n) is 16.0. The zero-order valence-corrected chi connectivity index (χ0v) is 16.0. The molecule has 0 spiro atoms. The fourth-order valence-electron chi connectivity index (χ4n) is 3.83. The normalized spacial score (nSPS) is 14.9. The van der Waals surface area contributed by atoms with Gasteiger partial charge in [-0.2, -0.15) is 5.10 Å². The van der Waals surface area contributed by atoms with Crippen LogP contribution in [0.3, 0.4) is 0 Å². The van der Waals surface area contributed by atoms with Crippen LogP contribution >= 0.6 is 0 Å². The van der Waals surface area contributed by atoms with Crippen molar-refractivity contribution in [1.82, 2.24) is 20.4 Å². The van der Waals surface area contributed by atoms with Crippen molar-refractivity contribution >= 4 is 6.03 Å². The van der Waals surface area contributed by atoms with Crippen LogP contribution in [0.15, 0.2) is 73.1 Å². The molecule has 0 saturated heterocycles. The number of amides is 2. The molecule has 1 saturated carbocycles. The van der Waals surface area contributed by atoms with Crippen molar-refractivity contribution < 1.29 is 4.79 Å². The third kappa shape index (κ3) is 4.09. The van der Waals surface area contributed by atoms with Crippen LogP contribution in [0.5, 0.6) is 0 Å². The summed E-state index contributed by atoms with van der Waals surface area (Å²) in [6.45, 7) is 1.31. The molecule has 1 aliphatic rings. The van der Waals surface area contributed by atoms with Crippen LogP contribution in [0.2, 0.25) is 0 Å². The molecule has 4 rings (SSSR count). The van der Waals surface area contributed by atoms with Gasteiger partial charge in [-0.05, 0) is 48.6 Å². The van der Waals surface area contributed by atoms with Crippen LogP contribution < -0.4 is 10.6 Å². The Kier molecular flexibility index (Phi) is 5.42. The van der Waals surface area contributed by atoms with Gasteiger partial charge in [0.05, 0.1) is 5.69 Å². The number of benzene rings is 2. The summed E-state index contributed by atoms with van der Waals surface area (Å²) >= 11 is 0. The third-order valence-electron chi connectivity index (χ3n) is 5.69. The Morgan fingerprint density at radius 1 is 1.00 bits per heavy atom. The maximum absolute atomic E-state index is 12.2. The molecule has 2 N–H and O–H groups in total. The Labute approximate surface area is 165 Å². The van der Waals surface area contributed by atoms with Gasteiger partial charge in [0.15, 0.2) is 0 Å². The third-order valence-corrected chi connectivity index (χ3v) is 5.69. The second-order valence-electron chi connectivity index (χ2n) is 7.48. The van der Waals surface area contributed by atoms with E-state index in [2.05, 4.69) is 52.1 Å². The van der Waals surface area contributed by atoms with Gasteiger partial charge in [0.25, 0.3) is 0 Å². The van der Waals surface area contributed by atoms with Crippen LogP contribution in [-0.4, -0.2) is 28.9 Å². The number of carbonyl (C=O) groups excluding carboxylic acids is 1. The first-order valence-corrected chi connectivity index (χ1v) is 9.91. The number of carbonyl (C=O) groups is 1. The van der Waals surface area contributed by atoms with Gasteiger partial charge in [0.1, 0.15) is 0 Å². The number of urea groups is 1. The summed E-state index contributed by atoms with van der Waals surface area (Å²) in [5, 5.41) is 10.3. The number of hydrogen-bond acceptors (Lipinski definition) is 2. The fraction of sp³-hybridized carbons (Fsp3) is 0.304. The predicted octanol–water partition coefficient (Wildman–Crippen LogP) is 3.84. The summed E-state index contributed by atoms with van der Waals surface area (Å²) < 4.78 is 1.83. The standard InChI is InChI=1S/C23H26N4O/c28-22(25-18-23(13-4-14-23)20-6-2-1-3-7-20)24-16-12-19-8-10-21(11-9-19)27-17-5-15-26-27/h1-3,5-11,15,17H,4,12-14,16,18H2,(H2,24,25,28). The molecule has 5 heteroatoms. The summed E-state index contributed by atoms with van der Waals surface area (Å²) in [6, 6.07) is 20.6. The average Bonchev–Trinajstić information content (AvgIpc) is 3.23. The maximum atomic E-state index is 12.2. The highest BCUT2D eigenvalue weighted by atomic mass is 16.2. The van der Waals surface area contributed by atoms with Crippen LogP contribution in [0.1, 0.15) is 30.4 Å². The van der Waals surface area contributed by atoms with Gasteiger partial charge < -0.3 is 10.6 Å². The molecule has 0 unspecified atom stereocenters. The molecule has 0 radical (unpaired) electrons. The number of nitrogens with one attached hydrogen (secondary N) is 2. The zero-order chi connectivity index (χ0) is 19.2. The van der Waals surface area contributed by atoms with E-state index in [0.717, 1.165) is 24.9 Å². The molecule has 5 nitrogen and oxygen atoms in total. The lowest BCUT2D eigenvalue weighted by atomic mass is 9.64. The summed E-state index contributed by atoms with van der Waals surface area (Å²) in [6.07, 6.45) is 8.00. The van der Waals surface area contributed by atoms with Crippen molar-refractivity contribution in [3.63, 3.8) is 0 Å². The number of hydrogen-bond donors (Lipinski definition) is 2. The lowest BCUT2D eigenvalue weighted by molar-refractivity contribution is 0.215. The average molecular weight is 374 g/mol. The van der Waals surface area contributed by atoms with Gasteiger partial charge in [0, 0.05) is 30.9 Å². The Hall–Kier alpha value is -3.08. The molecule has 0 atom stereocenters. The van der Waals surface area contributed by atoms with E-state index in [9.17, 15) is 4.79 Å². The monoisotopic (exact) mass is 374 g/mol. The van der Waals surface area contributed by atoms with Gasteiger partial charge in [-0.15, -0.1) is 0 Å². The van der Waals surface area contributed by atoms with Gasteiger partial charge in [-0.1, -0.05) is 48.9 Å². The number of aromatic nitrogens is 2. The van der Waals surface area contributed by atoms with Crippen molar-refractivity contribution in [3.05, 3.63) is 84.2 Å². The summed E-state index contributed by atoms with van der Waals surface area (Å²) in [7, 11) is 0. The van der Waals surface area contributed by atoms with Gasteiger partial charge in [-0.25, -0.2) is 9.48 Å². The van der Waals surface area contributed by atoms with Gasteiger partial charge in [-0.3, -0.25) is 0 Å². The predicted molar refractivity (Wildman–Crippen MR) is 111 cm³/mol. The summed E-state index contributed by atoms with van der Waals surface area (Å²) in [5.41, 5.74) is 3.67. The lowest BCUT2D eigenvalue weighted by Gasteiger charge is -2.42. The molecule has 1 aliphatic carbocycles. The van der Waals surface area contributed by atoms with E-state index in [1.165, 1.54) is 17.5 Å². The molecular weight excluding hydrogens is 348 g/mol. The summed E-state index contributed by atoms with van der Waals surface area (Å²) in [5.74, 6) is 0. The van der Waals surface area contributed by atoms with Crippen molar-refractivity contribution in [1.29, 1.82) is 0 Å². The topological polar surface area (TPSA) is 59.0 Å². The molecule has 28 heavy (non-hydrogen) atoms. The van der Waals surface area contributed by atoms with Gasteiger partial charge in [0.2, 0.25) is 0 Å². The molecule has 2 amide bonds. The van der Waals surface area contributed by atoms with Crippen molar-refractivity contribution in [2.45, 2.75) is 31.1 Å². The van der Waals surface area contributed by atoms with E-state index in [4.69, 9.17) is 0 Å². The largest absolute Gasteiger partial charge is 0.338 e. The van der Waals surface area contributed by atoms with Crippen molar-refractivity contribution in [2.75, 3.05) is 13.1 Å². The molecule has 3 aromatic rings. The van der Waals surface area contributed by atoms with E-state index < -0.39 is 0 Å². The second kappa shape index (κ2) is 8.30. The van der Waals surface area contributed by atoms with Crippen molar-refractivity contribution in [3.8, 4) is 5.69 Å². The highest BCUT2D eigenvalue weighted by molar-refractivity contribution is 5.74. The van der Waals surface area contributed by atoms with E-state index in [-0.39, 0.29) is 11.4 Å². The SMILES string of the molecule is O=C(NCCc1ccc(-n2cccn2)cc1)NCC1(c2ccccc2)CCC1. The summed E-state index contributed by atoms with van der Waals surface area (Å²) in [4.78, 5) is 12.2. The molecule has 0 bridgehead atoms. The van der Waals surface area contributed by atoms with E-state index in [0.29, 0.717) is 13.1 Å². The van der Waals surface area contributed by atoms with E-state index >= 15 is 0 Å². The number of nitrogens with zero attached hydrogens (tertiary/aromatic N) is 2. The van der Waals surface area contributed by atoms with E-state index in [1.807, 2.05) is 35.1 Å². The lowest BCUT2D eigenvalue weighted by Crippen LogP contribution is -2.48. The van der Waals surface area contributed by atoms with Crippen LogP contribution in [0, 0.1) is 0 Å². The quantitative estimate of drug-likeness (QED) is 0.660. The molecular formula is C23H26N4O. The molecule has 0 aliphatic heterocycles. The Morgan fingerprint density at radius 2 is 1.79 bits per heavy atom. The molecule has 1 heterocycles. The Morgan fingerprint density at radius 3 is 2.43 bits per heavy atom. The minimum Gasteiger partial charge on any atom is -0.338 e. The smallest absolute Gasteiger partial charge is 0.314 e. The first-order chi connectivity index (χ1) is 13.8. The molecule has 1 aromatic heterocycles. The number of rotatable bonds is 7. The highest BCUT2D eigenvalue weighted by Crippen LogP contribution is 2.43. The highest BCUT2D eigenvalue weighted by Gasteiger charge is 2.38. The fourth-order valence-corrected chi connectivity index (χ4v) is 3.83. The van der Waals surface area contributed by atoms with Crippen LogP contribution in [-0.2, 0) is 11.8 Å². The molecule has 1 fully saturated rings. The van der Waals surface area contributed by atoms with Gasteiger partial charge >= 0.3 is 6.03 Å². The molecule has 144 valence electrons. The van der Waals surface area contributed by atoms with Crippen LogP contribution in [0.4, 0.5) is 4.79 Å². The molecule has 2 aromatic carbocycles. The minimum absolute atomic E-state index is 0.0876. The second-order valence-corrected chi connectivity index (χ2v) is 7.48. The first kappa shape index (κ1) is 18.3. The first-order valence-electron chi connectivity index (χ1n) is 9.91. The minimum atomic E-state index is -0.0876. The maximum Gasteiger partial charge on any atom is 0.314 e.